The summed E-state index contributed by atoms with van der Waals surface area (Å²) in [6, 6.07) is 8.43. The Hall–Kier alpha value is -0.886. The van der Waals surface area contributed by atoms with Gasteiger partial charge in [-0.2, -0.15) is 11.8 Å². The van der Waals surface area contributed by atoms with Crippen molar-refractivity contribution in [2.24, 2.45) is 0 Å². The van der Waals surface area contributed by atoms with E-state index in [-0.39, 0.29) is 29.2 Å². The van der Waals surface area contributed by atoms with Crippen LogP contribution in [0.15, 0.2) is 24.3 Å². The molecule has 1 aromatic rings. The number of carbonyl (C=O) groups excluding carboxylic acids is 1. The van der Waals surface area contributed by atoms with Crippen LogP contribution in [0.4, 0.5) is 0 Å². The predicted molar refractivity (Wildman–Crippen MR) is 181 cm³/mol. The van der Waals surface area contributed by atoms with Gasteiger partial charge in [-0.1, -0.05) is 74.4 Å². The number of thioether (sulfide) groups is 1. The van der Waals surface area contributed by atoms with E-state index in [4.69, 9.17) is 27.8 Å². The van der Waals surface area contributed by atoms with Crippen molar-refractivity contribution in [1.82, 2.24) is 0 Å². The Balaban J connectivity index is 3.48. The van der Waals surface area contributed by atoms with Crippen molar-refractivity contribution >= 4 is 34.4 Å². The van der Waals surface area contributed by atoms with Crippen LogP contribution in [0.5, 0.6) is 5.75 Å². The molecule has 0 aromatic heterocycles. The van der Waals surface area contributed by atoms with Gasteiger partial charge in [0.25, 0.3) is 8.32 Å². The quantitative estimate of drug-likeness (QED) is 0.0605. The number of hydrogen-bond acceptors (Lipinski definition) is 8. The van der Waals surface area contributed by atoms with E-state index in [9.17, 15) is 4.79 Å². The third-order valence-electron chi connectivity index (χ3n) is 8.57. The maximum Gasteiger partial charge on any atom is 0.306 e. The van der Waals surface area contributed by atoms with E-state index in [2.05, 4.69) is 99.7 Å². The molecular formula is C32H60O7SSi2. The molecule has 0 N–H and O–H groups in total. The van der Waals surface area contributed by atoms with Gasteiger partial charge in [0.15, 0.2) is 8.32 Å². The average molecular weight is 645 g/mol. The second-order valence-corrected chi connectivity index (χ2v) is 24.8. The molecule has 244 valence electrons. The van der Waals surface area contributed by atoms with Crippen molar-refractivity contribution in [2.75, 3.05) is 46.6 Å². The van der Waals surface area contributed by atoms with Gasteiger partial charge in [-0.05, 0) is 52.5 Å². The van der Waals surface area contributed by atoms with Crippen LogP contribution in [0, 0.1) is 0 Å². The fourth-order valence-electron chi connectivity index (χ4n) is 5.17. The van der Waals surface area contributed by atoms with Gasteiger partial charge in [-0.3, -0.25) is 4.79 Å². The summed E-state index contributed by atoms with van der Waals surface area (Å²) in [6.07, 6.45) is 0.0137. The van der Waals surface area contributed by atoms with E-state index >= 15 is 0 Å². The van der Waals surface area contributed by atoms with Crippen molar-refractivity contribution in [2.45, 2.75) is 115 Å². The molecule has 0 bridgehead atoms. The highest BCUT2D eigenvalue weighted by molar-refractivity contribution is 7.99. The Kier molecular flexibility index (Phi) is 16.9. The lowest BCUT2D eigenvalue weighted by Gasteiger charge is -2.42. The molecule has 0 radical (unpaired) electrons. The average Bonchev–Trinajstić information content (AvgIpc) is 2.90. The first-order valence-electron chi connectivity index (χ1n) is 15.3. The molecule has 0 aliphatic heterocycles. The molecule has 10 heteroatoms. The molecule has 1 rings (SSSR count). The fourth-order valence-corrected chi connectivity index (χ4v) is 12.7. The number of carbonyl (C=O) groups is 1. The molecule has 2 atom stereocenters. The summed E-state index contributed by atoms with van der Waals surface area (Å²) in [5.41, 5.74) is 2.47. The Labute approximate surface area is 263 Å². The lowest BCUT2D eigenvalue weighted by molar-refractivity contribution is -0.140. The van der Waals surface area contributed by atoms with Crippen LogP contribution >= 0.6 is 11.8 Å². The zero-order chi connectivity index (χ0) is 32.1. The summed E-state index contributed by atoms with van der Waals surface area (Å²) >= 11 is 1.68. The highest BCUT2D eigenvalue weighted by Gasteiger charge is 2.47. The molecule has 0 unspecified atom stereocenters. The maximum atomic E-state index is 12.0. The molecule has 0 saturated heterocycles. The van der Waals surface area contributed by atoms with Crippen LogP contribution in [0.1, 0.15) is 79.5 Å². The van der Waals surface area contributed by atoms with Crippen LogP contribution < -0.4 is 4.43 Å². The minimum absolute atomic E-state index is 0.0618. The highest BCUT2D eigenvalue weighted by atomic mass is 32.2. The number of methoxy groups -OCH3 is 2. The Morgan fingerprint density at radius 1 is 0.952 bits per heavy atom. The first kappa shape index (κ1) is 39.1. The van der Waals surface area contributed by atoms with Gasteiger partial charge >= 0.3 is 5.97 Å². The summed E-state index contributed by atoms with van der Waals surface area (Å²) in [5.74, 6) is 1.27. The van der Waals surface area contributed by atoms with Gasteiger partial charge in [0.2, 0.25) is 0 Å². The first-order chi connectivity index (χ1) is 19.5. The van der Waals surface area contributed by atoms with Crippen LogP contribution in [0.3, 0.4) is 0 Å². The number of hydrogen-bond donors (Lipinski definition) is 0. The molecule has 7 nitrogen and oxygen atoms in total. The topological polar surface area (TPSA) is 72.5 Å². The molecule has 42 heavy (non-hydrogen) atoms. The third-order valence-corrected chi connectivity index (χ3v) is 20.4. The van der Waals surface area contributed by atoms with E-state index in [0.29, 0.717) is 48.6 Å². The van der Waals surface area contributed by atoms with Gasteiger partial charge in [0.1, 0.15) is 12.5 Å². The molecule has 0 aliphatic rings. The van der Waals surface area contributed by atoms with E-state index in [1.165, 1.54) is 7.11 Å². The molecule has 0 saturated carbocycles. The van der Waals surface area contributed by atoms with Gasteiger partial charge in [-0.15, -0.1) is 0 Å². The molecule has 0 aliphatic carbocycles. The van der Waals surface area contributed by atoms with Crippen LogP contribution in [-0.4, -0.2) is 75.3 Å². The van der Waals surface area contributed by atoms with Crippen LogP contribution in [0.25, 0.3) is 0 Å². The van der Waals surface area contributed by atoms with Crippen molar-refractivity contribution in [3.8, 4) is 5.75 Å². The van der Waals surface area contributed by atoms with E-state index < -0.39 is 16.6 Å². The Morgan fingerprint density at radius 2 is 1.57 bits per heavy atom. The van der Waals surface area contributed by atoms with Gasteiger partial charge in [0, 0.05) is 12.9 Å². The van der Waals surface area contributed by atoms with Crippen molar-refractivity contribution < 1.29 is 32.6 Å². The van der Waals surface area contributed by atoms with Gasteiger partial charge in [-0.25, -0.2) is 0 Å². The third kappa shape index (κ3) is 11.6. The maximum absolute atomic E-state index is 12.0. The lowest BCUT2D eigenvalue weighted by Crippen LogP contribution is -2.50. The summed E-state index contributed by atoms with van der Waals surface area (Å²) in [5, 5.41) is -0.0473. The van der Waals surface area contributed by atoms with Gasteiger partial charge < -0.3 is 27.8 Å². The fraction of sp³-hybridized carbons (Fsp3) is 0.781. The zero-order valence-electron chi connectivity index (χ0n) is 28.7. The van der Waals surface area contributed by atoms with E-state index in [1.807, 2.05) is 0 Å². The zero-order valence-corrected chi connectivity index (χ0v) is 31.5. The first-order valence-corrected chi connectivity index (χ1v) is 21.4. The smallest absolute Gasteiger partial charge is 0.306 e. The number of benzene rings is 1. The molecule has 1 aromatic carbocycles. The predicted octanol–water partition coefficient (Wildman–Crippen LogP) is 8.61. The van der Waals surface area contributed by atoms with Gasteiger partial charge in [0.05, 0.1) is 44.7 Å². The molecule has 0 heterocycles. The number of ether oxygens (including phenoxy) is 4. The van der Waals surface area contributed by atoms with Crippen molar-refractivity contribution in [3.63, 3.8) is 0 Å². The van der Waals surface area contributed by atoms with E-state index in [0.717, 1.165) is 11.3 Å². The Bertz CT molecular complexity index is 897. The summed E-state index contributed by atoms with van der Waals surface area (Å²) < 4.78 is 35.9. The highest BCUT2D eigenvalue weighted by Crippen LogP contribution is 2.44. The minimum Gasteiger partial charge on any atom is -0.543 e. The summed E-state index contributed by atoms with van der Waals surface area (Å²) in [6.45, 7) is 26.5. The Morgan fingerprint density at radius 3 is 2.10 bits per heavy atom. The van der Waals surface area contributed by atoms with Crippen molar-refractivity contribution in [3.05, 3.63) is 29.8 Å². The van der Waals surface area contributed by atoms with Crippen LogP contribution in [-0.2, 0) is 28.2 Å². The number of esters is 1. The number of rotatable bonds is 20. The normalized spacial score (nSPS) is 14.5. The van der Waals surface area contributed by atoms with Crippen molar-refractivity contribution in [1.29, 1.82) is 0 Å². The van der Waals surface area contributed by atoms with E-state index in [1.54, 1.807) is 18.9 Å². The minimum atomic E-state index is -2.14. The van der Waals surface area contributed by atoms with Crippen LogP contribution in [0.2, 0.25) is 34.8 Å². The molecule has 0 spiro atoms. The molecular weight excluding hydrogens is 585 g/mol. The largest absolute Gasteiger partial charge is 0.543 e. The monoisotopic (exact) mass is 644 g/mol. The molecule has 0 fully saturated rings. The summed E-state index contributed by atoms with van der Waals surface area (Å²) in [4.78, 5) is 12.0. The second kappa shape index (κ2) is 18.2. The summed E-state index contributed by atoms with van der Waals surface area (Å²) in [7, 11) is -1.12. The lowest BCUT2D eigenvalue weighted by atomic mass is 10.1. The SMILES string of the molecule is COCCOCO[C@@H](CO[Si](C)(C)C(C)(C)C)[C@H](SCCC(=O)OC)c1cccc(O[Si](C(C)C)(C(C)C)C(C)C)c1. The molecule has 0 amide bonds. The standard InChI is InChI=1S/C32H60O7SSi2/c1-24(2)42(25(3)4,26(5)6)39-28-16-14-15-27(21-28)31(40-20-17-30(33)35-11)29(37-23-36-19-18-34-10)22-38-41(12,13)32(7,8)9/h14-16,21,24-26,29,31H,17-20,22-23H2,1-13H3/t29-,31+/m0/s1. The second-order valence-electron chi connectivity index (χ2n) is 13.4.